The van der Waals surface area contributed by atoms with Crippen molar-refractivity contribution in [3.8, 4) is 11.3 Å². The predicted octanol–water partition coefficient (Wildman–Crippen LogP) is 4.72. The second-order valence-electron chi connectivity index (χ2n) is 6.27. The van der Waals surface area contributed by atoms with E-state index < -0.39 is 0 Å². The average Bonchev–Trinajstić information content (AvgIpc) is 3.04. The van der Waals surface area contributed by atoms with Crippen molar-refractivity contribution in [3.05, 3.63) is 40.8 Å². The predicted molar refractivity (Wildman–Crippen MR) is 88.0 cm³/mol. The number of aromatic nitrogens is 2. The maximum Gasteiger partial charge on any atom is 0.227 e. The summed E-state index contributed by atoms with van der Waals surface area (Å²) in [7, 11) is 0. The Balaban J connectivity index is 2.10. The van der Waals surface area contributed by atoms with Crippen molar-refractivity contribution in [1.29, 1.82) is 0 Å². The first-order valence-electron chi connectivity index (χ1n) is 6.95. The summed E-state index contributed by atoms with van der Waals surface area (Å²) < 4.78 is 1.68. The zero-order valence-electron chi connectivity index (χ0n) is 12.7. The van der Waals surface area contributed by atoms with Crippen LogP contribution in [-0.2, 0) is 5.41 Å². The van der Waals surface area contributed by atoms with Crippen molar-refractivity contribution >= 4 is 28.1 Å². The Morgan fingerprint density at radius 2 is 2.00 bits per heavy atom. The monoisotopic (exact) mass is 298 g/mol. The molecule has 2 aromatic heterocycles. The van der Waals surface area contributed by atoms with Crippen LogP contribution in [0.1, 0.15) is 37.5 Å². The summed E-state index contributed by atoms with van der Waals surface area (Å²) in [5, 5.41) is 4.28. The first kappa shape index (κ1) is 14.0. The lowest BCUT2D eigenvalue weighted by Gasteiger charge is -2.13. The fourth-order valence-corrected chi connectivity index (χ4v) is 3.23. The molecule has 0 aliphatic rings. The zero-order chi connectivity index (χ0) is 15.2. The highest BCUT2D eigenvalue weighted by Gasteiger charge is 2.18. The van der Waals surface area contributed by atoms with Crippen LogP contribution in [0.4, 0.5) is 0 Å². The topological polar surface area (TPSA) is 34.9 Å². The SMILES string of the molecule is CC(=O)n1ccc2ccc(-c3csc(C(C)(C)C)n3)cc21. The van der Waals surface area contributed by atoms with E-state index in [0.717, 1.165) is 27.2 Å². The molecule has 4 heteroatoms. The maximum atomic E-state index is 11.7. The molecule has 1 aromatic carbocycles. The summed E-state index contributed by atoms with van der Waals surface area (Å²) in [5.41, 5.74) is 3.02. The van der Waals surface area contributed by atoms with Crippen LogP contribution in [0, 0.1) is 0 Å². The van der Waals surface area contributed by atoms with E-state index in [-0.39, 0.29) is 11.3 Å². The summed E-state index contributed by atoms with van der Waals surface area (Å²) in [5.74, 6) is 0.0239. The number of hydrogen-bond donors (Lipinski definition) is 0. The second kappa shape index (κ2) is 4.81. The molecule has 0 radical (unpaired) electrons. The van der Waals surface area contributed by atoms with Gasteiger partial charge in [0.1, 0.15) is 0 Å². The third-order valence-corrected chi connectivity index (χ3v) is 4.74. The van der Waals surface area contributed by atoms with Crippen LogP contribution >= 0.6 is 11.3 Å². The summed E-state index contributed by atoms with van der Waals surface area (Å²) in [4.78, 5) is 16.4. The molecular formula is C17H18N2OS. The van der Waals surface area contributed by atoms with Crippen molar-refractivity contribution < 1.29 is 4.79 Å². The molecule has 0 aliphatic heterocycles. The number of nitrogens with zero attached hydrogens (tertiary/aromatic N) is 2. The van der Waals surface area contributed by atoms with E-state index in [2.05, 4.69) is 32.2 Å². The molecule has 0 unspecified atom stereocenters. The van der Waals surface area contributed by atoms with Crippen LogP contribution in [0.5, 0.6) is 0 Å². The van der Waals surface area contributed by atoms with E-state index in [0.29, 0.717) is 0 Å². The number of benzene rings is 1. The van der Waals surface area contributed by atoms with Crippen molar-refractivity contribution in [2.75, 3.05) is 0 Å². The van der Waals surface area contributed by atoms with E-state index >= 15 is 0 Å². The molecule has 3 nitrogen and oxygen atoms in total. The minimum absolute atomic E-state index is 0.0239. The molecule has 3 aromatic rings. The Labute approximate surface area is 128 Å². The summed E-state index contributed by atoms with van der Waals surface area (Å²) >= 11 is 1.68. The Kier molecular flexibility index (Phi) is 3.21. The first-order chi connectivity index (χ1) is 9.86. The lowest BCUT2D eigenvalue weighted by atomic mass is 9.98. The van der Waals surface area contributed by atoms with Crippen LogP contribution < -0.4 is 0 Å². The molecule has 2 heterocycles. The van der Waals surface area contributed by atoms with Gasteiger partial charge in [0.05, 0.1) is 16.2 Å². The highest BCUT2D eigenvalue weighted by molar-refractivity contribution is 7.10. The smallest absolute Gasteiger partial charge is 0.227 e. The van der Waals surface area contributed by atoms with Crippen LogP contribution in [-0.4, -0.2) is 15.5 Å². The van der Waals surface area contributed by atoms with Gasteiger partial charge in [0, 0.05) is 34.9 Å². The highest BCUT2D eigenvalue weighted by Crippen LogP contribution is 2.31. The van der Waals surface area contributed by atoms with Crippen LogP contribution in [0.3, 0.4) is 0 Å². The fraction of sp³-hybridized carbons (Fsp3) is 0.294. The zero-order valence-corrected chi connectivity index (χ0v) is 13.5. The van der Waals surface area contributed by atoms with Crippen molar-refractivity contribution in [3.63, 3.8) is 0 Å². The van der Waals surface area contributed by atoms with Crippen molar-refractivity contribution in [2.24, 2.45) is 0 Å². The Morgan fingerprint density at radius 1 is 1.24 bits per heavy atom. The van der Waals surface area contributed by atoms with Gasteiger partial charge >= 0.3 is 0 Å². The summed E-state index contributed by atoms with van der Waals surface area (Å²) in [6, 6.07) is 8.11. The first-order valence-corrected chi connectivity index (χ1v) is 7.82. The standard InChI is InChI=1S/C17H18N2OS/c1-11(20)19-8-7-12-5-6-13(9-15(12)19)14-10-21-16(18-14)17(2,3)4/h5-10H,1-4H3. The molecule has 0 saturated heterocycles. The molecule has 0 atom stereocenters. The van der Waals surface area contributed by atoms with Crippen LogP contribution in [0.2, 0.25) is 0 Å². The molecule has 3 rings (SSSR count). The highest BCUT2D eigenvalue weighted by atomic mass is 32.1. The third-order valence-electron chi connectivity index (χ3n) is 3.47. The Hall–Kier alpha value is -1.94. The second-order valence-corrected chi connectivity index (χ2v) is 7.12. The van der Waals surface area contributed by atoms with Gasteiger partial charge in [0.2, 0.25) is 5.91 Å². The number of hydrogen-bond acceptors (Lipinski definition) is 3. The minimum atomic E-state index is 0.0239. The van der Waals surface area contributed by atoms with Crippen LogP contribution in [0.15, 0.2) is 35.8 Å². The lowest BCUT2D eigenvalue weighted by Crippen LogP contribution is -2.10. The van der Waals surface area contributed by atoms with Gasteiger partial charge < -0.3 is 0 Å². The molecule has 21 heavy (non-hydrogen) atoms. The van der Waals surface area contributed by atoms with Gasteiger partial charge in [-0.2, -0.15) is 0 Å². The number of carbonyl (C=O) groups is 1. The molecule has 0 saturated carbocycles. The van der Waals surface area contributed by atoms with Gasteiger partial charge in [-0.15, -0.1) is 11.3 Å². The third kappa shape index (κ3) is 2.51. The molecule has 108 valence electrons. The van der Waals surface area contributed by atoms with Crippen molar-refractivity contribution in [1.82, 2.24) is 9.55 Å². The Bertz CT molecular complexity index is 821. The number of thiazole rings is 1. The average molecular weight is 298 g/mol. The largest absolute Gasteiger partial charge is 0.287 e. The number of carbonyl (C=O) groups excluding carboxylic acids is 1. The van der Waals surface area contributed by atoms with E-state index in [1.165, 1.54) is 0 Å². The van der Waals surface area contributed by atoms with Crippen LogP contribution in [0.25, 0.3) is 22.2 Å². The Morgan fingerprint density at radius 3 is 2.62 bits per heavy atom. The van der Waals surface area contributed by atoms with Gasteiger partial charge in [-0.25, -0.2) is 4.98 Å². The molecule has 0 spiro atoms. The van der Waals surface area contributed by atoms with Gasteiger partial charge in [0.25, 0.3) is 0 Å². The van der Waals surface area contributed by atoms with E-state index in [1.54, 1.807) is 22.8 Å². The summed E-state index contributed by atoms with van der Waals surface area (Å²) in [6.07, 6.45) is 1.82. The molecule has 0 bridgehead atoms. The lowest BCUT2D eigenvalue weighted by molar-refractivity contribution is 0.0941. The quantitative estimate of drug-likeness (QED) is 0.651. The molecule has 0 aliphatic carbocycles. The van der Waals surface area contributed by atoms with Gasteiger partial charge in [0.15, 0.2) is 0 Å². The fourth-order valence-electron chi connectivity index (χ4n) is 2.31. The van der Waals surface area contributed by atoms with Crippen molar-refractivity contribution in [2.45, 2.75) is 33.1 Å². The van der Waals surface area contributed by atoms with Gasteiger partial charge in [-0.3, -0.25) is 9.36 Å². The molecular weight excluding hydrogens is 280 g/mol. The number of fused-ring (bicyclic) bond motifs is 1. The molecule has 0 N–H and O–H groups in total. The number of rotatable bonds is 1. The van der Waals surface area contributed by atoms with E-state index in [9.17, 15) is 4.79 Å². The van der Waals surface area contributed by atoms with Gasteiger partial charge in [-0.05, 0) is 12.1 Å². The summed E-state index contributed by atoms with van der Waals surface area (Å²) in [6.45, 7) is 8.08. The van der Waals surface area contributed by atoms with Gasteiger partial charge in [-0.1, -0.05) is 32.9 Å². The minimum Gasteiger partial charge on any atom is -0.287 e. The van der Waals surface area contributed by atoms with E-state index in [1.807, 2.05) is 24.4 Å². The molecule has 0 fully saturated rings. The molecule has 0 amide bonds. The maximum absolute atomic E-state index is 11.7. The van der Waals surface area contributed by atoms with E-state index in [4.69, 9.17) is 4.98 Å². The normalized spacial score (nSPS) is 12.0.